The van der Waals surface area contributed by atoms with Crippen LogP contribution >= 0.6 is 12.2 Å². The number of hydrogen-bond donors (Lipinski definition) is 3. The third kappa shape index (κ3) is 2.84. The molecule has 1 atom stereocenters. The van der Waals surface area contributed by atoms with E-state index in [1.165, 1.54) is 12.4 Å². The molecule has 80 valence electrons. The minimum Gasteiger partial charge on any atom is -0.388 e. The Morgan fingerprint density at radius 3 is 2.60 bits per heavy atom. The summed E-state index contributed by atoms with van der Waals surface area (Å²) in [5, 5.41) is 2.78. The molecule has 0 fully saturated rings. The molecule has 0 bridgehead atoms. The Kier molecular flexibility index (Phi) is 3.51. The molecule has 0 aliphatic heterocycles. The summed E-state index contributed by atoms with van der Waals surface area (Å²) in [5.41, 5.74) is 10.9. The van der Waals surface area contributed by atoms with Crippen LogP contribution in [0.1, 0.15) is 12.6 Å². The van der Waals surface area contributed by atoms with Crippen LogP contribution in [0.15, 0.2) is 12.4 Å². The Balaban J connectivity index is 2.94. The molecule has 0 radical (unpaired) electrons. The van der Waals surface area contributed by atoms with E-state index in [0.717, 1.165) is 0 Å². The van der Waals surface area contributed by atoms with E-state index >= 15 is 0 Å². The second-order valence-electron chi connectivity index (χ2n) is 2.89. The van der Waals surface area contributed by atoms with Crippen molar-refractivity contribution in [1.82, 2.24) is 9.97 Å². The number of primary amides is 1. The number of thiocarbonyl (C=S) groups is 1. The molecule has 0 spiro atoms. The maximum atomic E-state index is 10.8. The molecular weight excluding hydrogens is 214 g/mol. The van der Waals surface area contributed by atoms with Crippen LogP contribution in [0.5, 0.6) is 0 Å². The lowest BCUT2D eigenvalue weighted by Gasteiger charge is -2.12. The first-order valence-corrected chi connectivity index (χ1v) is 4.60. The first kappa shape index (κ1) is 11.3. The van der Waals surface area contributed by atoms with Gasteiger partial charge in [-0.3, -0.25) is 4.79 Å². The van der Waals surface area contributed by atoms with Crippen molar-refractivity contribution < 1.29 is 4.79 Å². The third-order valence-corrected chi connectivity index (χ3v) is 1.90. The number of amides is 1. The summed E-state index contributed by atoms with van der Waals surface area (Å²) < 4.78 is 0. The lowest BCUT2D eigenvalue weighted by atomic mass is 10.3. The highest BCUT2D eigenvalue weighted by molar-refractivity contribution is 7.80. The number of carbonyl (C=O) groups is 1. The van der Waals surface area contributed by atoms with E-state index < -0.39 is 11.9 Å². The molecule has 1 aromatic heterocycles. The molecule has 6 nitrogen and oxygen atoms in total. The molecule has 7 heteroatoms. The van der Waals surface area contributed by atoms with Crippen LogP contribution in [0.2, 0.25) is 0 Å². The van der Waals surface area contributed by atoms with Gasteiger partial charge in [-0.1, -0.05) is 12.2 Å². The number of nitrogens with zero attached hydrogens (tertiary/aromatic N) is 2. The van der Waals surface area contributed by atoms with Gasteiger partial charge in [0.15, 0.2) is 5.82 Å². The Bertz CT molecular complexity index is 394. The monoisotopic (exact) mass is 225 g/mol. The highest BCUT2D eigenvalue weighted by Gasteiger charge is 2.13. The molecule has 0 aliphatic carbocycles. The maximum absolute atomic E-state index is 10.8. The second-order valence-corrected chi connectivity index (χ2v) is 3.33. The standard InChI is InChI=1S/C8H11N5OS/c1-4(6(9)14)13-8-5(7(10)15)11-2-3-12-8/h2-4H,1H3,(H2,9,14)(H2,10,15)(H,12,13). The average molecular weight is 225 g/mol. The molecular formula is C8H11N5OS. The normalized spacial score (nSPS) is 11.8. The summed E-state index contributed by atoms with van der Waals surface area (Å²) in [6, 6.07) is -0.560. The summed E-state index contributed by atoms with van der Waals surface area (Å²) in [4.78, 5) is 18.9. The topological polar surface area (TPSA) is 107 Å². The number of rotatable bonds is 4. The van der Waals surface area contributed by atoms with E-state index in [1.54, 1.807) is 6.92 Å². The third-order valence-electron chi connectivity index (χ3n) is 1.71. The van der Waals surface area contributed by atoms with Gasteiger partial charge in [-0.2, -0.15) is 0 Å². The van der Waals surface area contributed by atoms with Crippen molar-refractivity contribution in [3.63, 3.8) is 0 Å². The summed E-state index contributed by atoms with van der Waals surface area (Å²) in [6.45, 7) is 1.61. The fourth-order valence-corrected chi connectivity index (χ4v) is 1.05. The number of nitrogens with two attached hydrogens (primary N) is 2. The predicted molar refractivity (Wildman–Crippen MR) is 60.2 cm³/mol. The van der Waals surface area contributed by atoms with E-state index in [0.29, 0.717) is 11.5 Å². The largest absolute Gasteiger partial charge is 0.388 e. The van der Waals surface area contributed by atoms with Gasteiger partial charge < -0.3 is 16.8 Å². The van der Waals surface area contributed by atoms with Crippen molar-refractivity contribution in [2.45, 2.75) is 13.0 Å². The van der Waals surface area contributed by atoms with Crippen LogP contribution < -0.4 is 16.8 Å². The van der Waals surface area contributed by atoms with Gasteiger partial charge in [0.2, 0.25) is 5.91 Å². The SMILES string of the molecule is CC(Nc1nccnc1C(N)=S)C(N)=O. The minimum atomic E-state index is -0.560. The Morgan fingerprint density at radius 1 is 1.47 bits per heavy atom. The van der Waals surface area contributed by atoms with Crippen molar-refractivity contribution in [3.8, 4) is 0 Å². The zero-order valence-electron chi connectivity index (χ0n) is 8.10. The molecule has 0 aromatic carbocycles. The van der Waals surface area contributed by atoms with Crippen LogP contribution in [-0.4, -0.2) is 26.9 Å². The molecule has 1 unspecified atom stereocenters. The lowest BCUT2D eigenvalue weighted by molar-refractivity contribution is -0.118. The summed E-state index contributed by atoms with van der Waals surface area (Å²) >= 11 is 4.79. The van der Waals surface area contributed by atoms with Gasteiger partial charge in [-0.05, 0) is 6.92 Å². The number of anilines is 1. The molecule has 0 aliphatic rings. The van der Waals surface area contributed by atoms with E-state index in [2.05, 4.69) is 15.3 Å². The van der Waals surface area contributed by atoms with Crippen molar-refractivity contribution in [3.05, 3.63) is 18.1 Å². The molecule has 15 heavy (non-hydrogen) atoms. The van der Waals surface area contributed by atoms with Crippen LogP contribution in [0.4, 0.5) is 5.82 Å². The minimum absolute atomic E-state index is 0.113. The smallest absolute Gasteiger partial charge is 0.239 e. The molecule has 1 amide bonds. The summed E-state index contributed by atoms with van der Waals surface area (Å²) in [6.07, 6.45) is 2.94. The number of aromatic nitrogens is 2. The quantitative estimate of drug-likeness (QED) is 0.590. The van der Waals surface area contributed by atoms with E-state index in [4.69, 9.17) is 23.7 Å². The van der Waals surface area contributed by atoms with Gasteiger partial charge in [0, 0.05) is 12.4 Å². The fraction of sp³-hybridized carbons (Fsp3) is 0.250. The van der Waals surface area contributed by atoms with E-state index in [1.807, 2.05) is 0 Å². The first-order valence-electron chi connectivity index (χ1n) is 4.19. The van der Waals surface area contributed by atoms with Crippen molar-refractivity contribution in [2.24, 2.45) is 11.5 Å². The van der Waals surface area contributed by atoms with Crippen LogP contribution in [-0.2, 0) is 4.79 Å². The highest BCUT2D eigenvalue weighted by atomic mass is 32.1. The highest BCUT2D eigenvalue weighted by Crippen LogP contribution is 2.09. The van der Waals surface area contributed by atoms with Gasteiger partial charge in [-0.15, -0.1) is 0 Å². The Hall–Kier alpha value is -1.76. The molecule has 0 saturated carbocycles. The average Bonchev–Trinajstić information content (AvgIpc) is 2.18. The molecule has 1 rings (SSSR count). The Labute approximate surface area is 92.1 Å². The maximum Gasteiger partial charge on any atom is 0.239 e. The second kappa shape index (κ2) is 4.65. The van der Waals surface area contributed by atoms with Crippen molar-refractivity contribution in [1.29, 1.82) is 0 Å². The predicted octanol–water partition coefficient (Wildman–Crippen LogP) is -0.604. The van der Waals surface area contributed by atoms with Crippen molar-refractivity contribution in [2.75, 3.05) is 5.32 Å². The van der Waals surface area contributed by atoms with Gasteiger partial charge in [-0.25, -0.2) is 9.97 Å². The first-order chi connectivity index (χ1) is 7.02. The molecule has 1 heterocycles. The molecule has 5 N–H and O–H groups in total. The molecule has 0 saturated heterocycles. The number of carbonyl (C=O) groups excluding carboxylic acids is 1. The zero-order chi connectivity index (χ0) is 11.4. The Morgan fingerprint density at radius 2 is 2.07 bits per heavy atom. The van der Waals surface area contributed by atoms with E-state index in [9.17, 15) is 4.79 Å². The van der Waals surface area contributed by atoms with Crippen LogP contribution in [0.3, 0.4) is 0 Å². The van der Waals surface area contributed by atoms with Crippen LogP contribution in [0, 0.1) is 0 Å². The van der Waals surface area contributed by atoms with Gasteiger partial charge in [0.05, 0.1) is 0 Å². The number of nitrogens with one attached hydrogen (secondary N) is 1. The van der Waals surface area contributed by atoms with Gasteiger partial charge >= 0.3 is 0 Å². The zero-order valence-corrected chi connectivity index (χ0v) is 8.91. The molecule has 1 aromatic rings. The van der Waals surface area contributed by atoms with Gasteiger partial charge in [0.25, 0.3) is 0 Å². The lowest BCUT2D eigenvalue weighted by Crippen LogP contribution is -2.33. The van der Waals surface area contributed by atoms with E-state index in [-0.39, 0.29) is 4.99 Å². The summed E-state index contributed by atoms with van der Waals surface area (Å²) in [7, 11) is 0. The number of hydrogen-bond acceptors (Lipinski definition) is 5. The van der Waals surface area contributed by atoms with Crippen LogP contribution in [0.25, 0.3) is 0 Å². The van der Waals surface area contributed by atoms with Crippen molar-refractivity contribution >= 4 is 28.9 Å². The van der Waals surface area contributed by atoms with Gasteiger partial charge in [0.1, 0.15) is 16.7 Å². The fourth-order valence-electron chi connectivity index (χ4n) is 0.900. The summed E-state index contributed by atoms with van der Waals surface area (Å²) in [5.74, 6) is -0.133.